The second kappa shape index (κ2) is 5.94. The Morgan fingerprint density at radius 1 is 1.59 bits per heavy atom. The zero-order valence-electron chi connectivity index (χ0n) is 10.7. The van der Waals surface area contributed by atoms with Crippen LogP contribution in [0.25, 0.3) is 0 Å². The number of hydrogen-bond donors (Lipinski definition) is 1. The van der Waals surface area contributed by atoms with Crippen molar-refractivity contribution in [1.82, 2.24) is 9.88 Å². The quantitative estimate of drug-likeness (QED) is 0.848. The maximum Gasteiger partial charge on any atom is 0.0959 e. The van der Waals surface area contributed by atoms with Gasteiger partial charge in [0.05, 0.1) is 11.1 Å². The molecule has 1 saturated carbocycles. The van der Waals surface area contributed by atoms with Gasteiger partial charge in [0.2, 0.25) is 0 Å². The fourth-order valence-electron chi connectivity index (χ4n) is 1.99. The van der Waals surface area contributed by atoms with Gasteiger partial charge in [-0.2, -0.15) is 0 Å². The lowest BCUT2D eigenvalue weighted by Crippen LogP contribution is -2.21. The topological polar surface area (TPSA) is 36.4 Å². The molecule has 0 aliphatic heterocycles. The molecule has 1 aliphatic carbocycles. The molecular formula is C13H22N2OS. The first-order valence-corrected chi connectivity index (χ1v) is 7.28. The Labute approximate surface area is 107 Å². The highest BCUT2D eigenvalue weighted by Gasteiger charge is 2.22. The zero-order valence-corrected chi connectivity index (χ0v) is 11.5. The Hall–Kier alpha value is -0.450. The summed E-state index contributed by atoms with van der Waals surface area (Å²) in [5.74, 6) is 0.747. The van der Waals surface area contributed by atoms with Crippen LogP contribution in [-0.4, -0.2) is 34.7 Å². The number of aliphatic hydroxyl groups excluding tert-OH is 1. The molecule has 17 heavy (non-hydrogen) atoms. The van der Waals surface area contributed by atoms with Crippen molar-refractivity contribution < 1.29 is 5.11 Å². The normalized spacial score (nSPS) is 18.4. The van der Waals surface area contributed by atoms with Crippen LogP contribution in [0.2, 0.25) is 0 Å². The third-order valence-electron chi connectivity index (χ3n) is 3.38. The van der Waals surface area contributed by atoms with Gasteiger partial charge in [0.15, 0.2) is 0 Å². The fourth-order valence-corrected chi connectivity index (χ4v) is 3.16. The van der Waals surface area contributed by atoms with E-state index in [0.29, 0.717) is 0 Å². The standard InChI is InChI=1S/C13H22N2OS/c1-10(16)6-7-15(2)9-12-8-14-13(17-12)11-4-3-5-11/h8,10-11,16H,3-7,9H2,1-2H3. The van der Waals surface area contributed by atoms with Crippen LogP contribution in [0.3, 0.4) is 0 Å². The second-order valence-corrected chi connectivity index (χ2v) is 6.31. The molecule has 2 rings (SSSR count). The molecule has 0 saturated heterocycles. The van der Waals surface area contributed by atoms with Gasteiger partial charge in [-0.3, -0.25) is 0 Å². The van der Waals surface area contributed by atoms with E-state index in [1.165, 1.54) is 29.1 Å². The lowest BCUT2D eigenvalue weighted by molar-refractivity contribution is 0.163. The van der Waals surface area contributed by atoms with Crippen LogP contribution >= 0.6 is 11.3 Å². The molecule has 3 nitrogen and oxygen atoms in total. The summed E-state index contributed by atoms with van der Waals surface area (Å²) in [5, 5.41) is 10.6. The summed E-state index contributed by atoms with van der Waals surface area (Å²) in [6, 6.07) is 0. The van der Waals surface area contributed by atoms with E-state index in [2.05, 4.69) is 16.9 Å². The maximum atomic E-state index is 9.25. The zero-order chi connectivity index (χ0) is 12.3. The summed E-state index contributed by atoms with van der Waals surface area (Å²) in [6.07, 6.45) is 6.68. The van der Waals surface area contributed by atoms with Gasteiger partial charge in [-0.25, -0.2) is 4.98 Å². The molecule has 1 aliphatic rings. The molecule has 1 aromatic rings. The van der Waals surface area contributed by atoms with Crippen molar-refractivity contribution >= 4 is 11.3 Å². The van der Waals surface area contributed by atoms with Crippen molar-refractivity contribution in [2.45, 2.75) is 51.2 Å². The van der Waals surface area contributed by atoms with E-state index in [9.17, 15) is 5.11 Å². The fraction of sp³-hybridized carbons (Fsp3) is 0.769. The molecule has 1 fully saturated rings. The van der Waals surface area contributed by atoms with Gasteiger partial charge in [0.1, 0.15) is 0 Å². The molecule has 1 heterocycles. The Morgan fingerprint density at radius 2 is 2.35 bits per heavy atom. The molecule has 0 aromatic carbocycles. The van der Waals surface area contributed by atoms with E-state index in [4.69, 9.17) is 0 Å². The molecule has 96 valence electrons. The minimum Gasteiger partial charge on any atom is -0.393 e. The predicted octanol–water partition coefficient (Wildman–Crippen LogP) is 2.61. The van der Waals surface area contributed by atoms with Crippen molar-refractivity contribution in [3.05, 3.63) is 16.1 Å². The Morgan fingerprint density at radius 3 is 2.94 bits per heavy atom. The molecule has 1 atom stereocenters. The van der Waals surface area contributed by atoms with Crippen molar-refractivity contribution in [3.63, 3.8) is 0 Å². The Kier molecular flexibility index (Phi) is 4.54. The first-order valence-electron chi connectivity index (χ1n) is 6.46. The molecule has 1 N–H and O–H groups in total. The van der Waals surface area contributed by atoms with Crippen LogP contribution in [-0.2, 0) is 6.54 Å². The van der Waals surface area contributed by atoms with Gasteiger partial charge in [-0.05, 0) is 33.2 Å². The summed E-state index contributed by atoms with van der Waals surface area (Å²) in [6.45, 7) is 3.74. The lowest BCUT2D eigenvalue weighted by Gasteiger charge is -2.22. The summed E-state index contributed by atoms with van der Waals surface area (Å²) in [4.78, 5) is 8.13. The van der Waals surface area contributed by atoms with Gasteiger partial charge >= 0.3 is 0 Å². The van der Waals surface area contributed by atoms with E-state index in [1.54, 1.807) is 0 Å². The Balaban J connectivity index is 1.79. The van der Waals surface area contributed by atoms with E-state index in [-0.39, 0.29) is 6.10 Å². The third-order valence-corrected chi connectivity index (χ3v) is 4.52. The van der Waals surface area contributed by atoms with Crippen LogP contribution in [0.5, 0.6) is 0 Å². The van der Waals surface area contributed by atoms with Gasteiger partial charge < -0.3 is 10.0 Å². The first-order chi connectivity index (χ1) is 8.15. The van der Waals surface area contributed by atoms with E-state index in [1.807, 2.05) is 24.5 Å². The monoisotopic (exact) mass is 254 g/mol. The van der Waals surface area contributed by atoms with Gasteiger partial charge in [-0.15, -0.1) is 11.3 Å². The van der Waals surface area contributed by atoms with Crippen LogP contribution in [0, 0.1) is 0 Å². The van der Waals surface area contributed by atoms with Crippen molar-refractivity contribution in [2.24, 2.45) is 0 Å². The van der Waals surface area contributed by atoms with Crippen LogP contribution in [0.4, 0.5) is 0 Å². The van der Waals surface area contributed by atoms with Crippen LogP contribution in [0.1, 0.15) is 48.4 Å². The number of hydrogen-bond acceptors (Lipinski definition) is 4. The minimum atomic E-state index is -0.204. The molecule has 0 spiro atoms. The maximum absolute atomic E-state index is 9.25. The lowest BCUT2D eigenvalue weighted by atomic mass is 9.86. The first kappa shape index (κ1) is 13.0. The Bertz CT molecular complexity index is 347. The molecule has 0 bridgehead atoms. The largest absolute Gasteiger partial charge is 0.393 e. The number of nitrogens with zero attached hydrogens (tertiary/aromatic N) is 2. The average molecular weight is 254 g/mol. The number of aromatic nitrogens is 1. The van der Waals surface area contributed by atoms with Crippen LogP contribution < -0.4 is 0 Å². The highest BCUT2D eigenvalue weighted by atomic mass is 32.1. The molecule has 0 amide bonds. The summed E-state index contributed by atoms with van der Waals surface area (Å²) in [5.41, 5.74) is 0. The molecule has 1 aromatic heterocycles. The van der Waals surface area contributed by atoms with Gasteiger partial charge in [-0.1, -0.05) is 6.42 Å². The van der Waals surface area contributed by atoms with Crippen molar-refractivity contribution in [1.29, 1.82) is 0 Å². The van der Waals surface area contributed by atoms with Gasteiger partial charge in [0.25, 0.3) is 0 Å². The average Bonchev–Trinajstić information content (AvgIpc) is 2.60. The van der Waals surface area contributed by atoms with Crippen LogP contribution in [0.15, 0.2) is 6.20 Å². The molecule has 0 radical (unpaired) electrons. The third kappa shape index (κ3) is 3.76. The highest BCUT2D eigenvalue weighted by Crippen LogP contribution is 2.38. The second-order valence-electron chi connectivity index (χ2n) is 5.17. The summed E-state index contributed by atoms with van der Waals surface area (Å²) in [7, 11) is 2.10. The van der Waals surface area contributed by atoms with Crippen molar-refractivity contribution in [2.75, 3.05) is 13.6 Å². The van der Waals surface area contributed by atoms with E-state index >= 15 is 0 Å². The molecule has 4 heteroatoms. The summed E-state index contributed by atoms with van der Waals surface area (Å²) < 4.78 is 0. The number of rotatable bonds is 6. The SMILES string of the molecule is CC(O)CCN(C)Cc1cnc(C2CCC2)s1. The molecular weight excluding hydrogens is 232 g/mol. The highest BCUT2D eigenvalue weighted by molar-refractivity contribution is 7.11. The van der Waals surface area contributed by atoms with E-state index in [0.717, 1.165) is 25.4 Å². The minimum absolute atomic E-state index is 0.204. The number of thiazole rings is 1. The molecule has 1 unspecified atom stereocenters. The van der Waals surface area contributed by atoms with Gasteiger partial charge in [0, 0.05) is 30.1 Å². The number of aliphatic hydroxyl groups is 1. The summed E-state index contributed by atoms with van der Waals surface area (Å²) >= 11 is 1.86. The van der Waals surface area contributed by atoms with Crippen molar-refractivity contribution in [3.8, 4) is 0 Å². The van der Waals surface area contributed by atoms with E-state index < -0.39 is 0 Å². The predicted molar refractivity (Wildman–Crippen MR) is 71.3 cm³/mol. The smallest absolute Gasteiger partial charge is 0.0959 e.